The van der Waals surface area contributed by atoms with Gasteiger partial charge in [0.05, 0.1) is 19.5 Å². The van der Waals surface area contributed by atoms with Crippen LogP contribution in [0.25, 0.3) is 0 Å². The second-order valence-electron chi connectivity index (χ2n) is 3.87. The Hall–Kier alpha value is -2.17. The summed E-state index contributed by atoms with van der Waals surface area (Å²) < 4.78 is 19.5. The van der Waals surface area contributed by atoms with E-state index in [4.69, 9.17) is 0 Å². The molecule has 0 saturated carbocycles. The molecule has 2 rings (SSSR count). The van der Waals surface area contributed by atoms with Crippen molar-refractivity contribution in [3.63, 3.8) is 0 Å². The van der Waals surface area contributed by atoms with E-state index in [-0.39, 0.29) is 11.7 Å². The van der Waals surface area contributed by atoms with Gasteiger partial charge in [0.25, 0.3) is 0 Å². The van der Waals surface area contributed by atoms with Gasteiger partial charge in [-0.3, -0.25) is 0 Å². The average molecular weight is 248 g/mol. The molecule has 0 aliphatic heterocycles. The van der Waals surface area contributed by atoms with Gasteiger partial charge in [-0.2, -0.15) is 4.39 Å². The summed E-state index contributed by atoms with van der Waals surface area (Å²) in [7, 11) is 1.21. The van der Waals surface area contributed by atoms with E-state index in [2.05, 4.69) is 9.72 Å². The van der Waals surface area contributed by atoms with Crippen molar-refractivity contribution < 1.29 is 13.9 Å². The number of ether oxygens (including phenoxy) is 1. The molecule has 0 bridgehead atoms. The molecule has 2 aromatic rings. The van der Waals surface area contributed by atoms with Crippen LogP contribution in [0, 0.1) is 5.95 Å². The van der Waals surface area contributed by atoms with Gasteiger partial charge in [-0.25, -0.2) is 9.78 Å². The largest absolute Gasteiger partial charge is 0.464 e. The summed E-state index contributed by atoms with van der Waals surface area (Å²) in [5.74, 6) is -1.54. The van der Waals surface area contributed by atoms with Gasteiger partial charge >= 0.3 is 5.97 Å². The Labute approximate surface area is 104 Å². The second kappa shape index (κ2) is 5.00. The van der Waals surface area contributed by atoms with Crippen molar-refractivity contribution in [2.75, 3.05) is 7.11 Å². The molecule has 94 valence electrons. The number of hydrogen-bond donors (Lipinski definition) is 0. The zero-order valence-corrected chi connectivity index (χ0v) is 10.1. The van der Waals surface area contributed by atoms with Gasteiger partial charge < -0.3 is 9.30 Å². The monoisotopic (exact) mass is 248 g/mol. The molecule has 0 aliphatic rings. The van der Waals surface area contributed by atoms with Crippen molar-refractivity contribution in [2.45, 2.75) is 13.0 Å². The lowest BCUT2D eigenvalue weighted by Gasteiger charge is -2.15. The highest BCUT2D eigenvalue weighted by Gasteiger charge is 2.23. The lowest BCUT2D eigenvalue weighted by molar-refractivity contribution is 0.0581. The van der Waals surface area contributed by atoms with E-state index >= 15 is 0 Å². The SMILES string of the molecule is COC(=O)c1c(F)ncn1[C@H](C)c1ccccc1. The van der Waals surface area contributed by atoms with Crippen LogP contribution in [0.1, 0.15) is 29.0 Å². The maximum atomic E-state index is 13.5. The van der Waals surface area contributed by atoms with Gasteiger partial charge in [-0.05, 0) is 12.5 Å². The molecule has 1 aromatic carbocycles. The van der Waals surface area contributed by atoms with Crippen molar-refractivity contribution in [3.8, 4) is 0 Å². The minimum Gasteiger partial charge on any atom is -0.464 e. The molecule has 1 aromatic heterocycles. The molecule has 0 N–H and O–H groups in total. The average Bonchev–Trinajstić information content (AvgIpc) is 2.80. The fraction of sp³-hybridized carbons (Fsp3) is 0.231. The molecule has 0 unspecified atom stereocenters. The molecule has 0 fully saturated rings. The molecule has 5 heteroatoms. The highest BCUT2D eigenvalue weighted by atomic mass is 19.1. The normalized spacial score (nSPS) is 12.2. The number of nitrogens with zero attached hydrogens (tertiary/aromatic N) is 2. The van der Waals surface area contributed by atoms with Crippen molar-refractivity contribution in [1.29, 1.82) is 0 Å². The van der Waals surface area contributed by atoms with Crippen LogP contribution in [0.2, 0.25) is 0 Å². The standard InChI is InChI=1S/C13H13FN2O2/c1-9(10-6-4-3-5-7-10)16-8-15-12(14)11(16)13(17)18-2/h3-9H,1-2H3/t9-/m1/s1. The topological polar surface area (TPSA) is 44.1 Å². The van der Waals surface area contributed by atoms with Crippen molar-refractivity contribution in [2.24, 2.45) is 0 Å². The van der Waals surface area contributed by atoms with E-state index in [1.807, 2.05) is 37.3 Å². The summed E-state index contributed by atoms with van der Waals surface area (Å²) in [4.78, 5) is 15.1. The Morgan fingerprint density at radius 3 is 2.67 bits per heavy atom. The first-order valence-electron chi connectivity index (χ1n) is 5.50. The predicted molar refractivity (Wildman–Crippen MR) is 63.8 cm³/mol. The number of carbonyl (C=O) groups is 1. The molecule has 4 nitrogen and oxygen atoms in total. The van der Waals surface area contributed by atoms with Gasteiger partial charge in [0.2, 0.25) is 5.95 Å². The van der Waals surface area contributed by atoms with E-state index in [9.17, 15) is 9.18 Å². The first-order chi connectivity index (χ1) is 8.65. The second-order valence-corrected chi connectivity index (χ2v) is 3.87. The minimum atomic E-state index is -0.815. The Bertz CT molecular complexity index is 551. The summed E-state index contributed by atoms with van der Waals surface area (Å²) in [6.07, 6.45) is 1.30. The molecule has 1 atom stereocenters. The first-order valence-corrected chi connectivity index (χ1v) is 5.50. The Morgan fingerprint density at radius 2 is 2.06 bits per heavy atom. The van der Waals surface area contributed by atoms with Crippen LogP contribution in [-0.2, 0) is 4.74 Å². The molecule has 1 heterocycles. The van der Waals surface area contributed by atoms with Crippen LogP contribution >= 0.6 is 0 Å². The van der Waals surface area contributed by atoms with Crippen LogP contribution in [0.5, 0.6) is 0 Å². The molecule has 0 spiro atoms. The third-order valence-corrected chi connectivity index (χ3v) is 2.83. The molecule has 0 aliphatic carbocycles. The highest BCUT2D eigenvalue weighted by Crippen LogP contribution is 2.21. The lowest BCUT2D eigenvalue weighted by atomic mass is 10.1. The Morgan fingerprint density at radius 1 is 1.39 bits per heavy atom. The molecule has 18 heavy (non-hydrogen) atoms. The third kappa shape index (κ3) is 2.11. The highest BCUT2D eigenvalue weighted by molar-refractivity contribution is 5.87. The number of halogens is 1. The van der Waals surface area contributed by atoms with Gasteiger partial charge in [-0.1, -0.05) is 30.3 Å². The smallest absolute Gasteiger partial charge is 0.359 e. The number of hydrogen-bond acceptors (Lipinski definition) is 3. The van der Waals surface area contributed by atoms with E-state index in [1.54, 1.807) is 0 Å². The first kappa shape index (κ1) is 12.3. The minimum absolute atomic E-state index is 0.158. The fourth-order valence-corrected chi connectivity index (χ4v) is 1.81. The van der Waals surface area contributed by atoms with Crippen molar-refractivity contribution in [3.05, 3.63) is 53.9 Å². The number of imidazole rings is 1. The number of rotatable bonds is 3. The fourth-order valence-electron chi connectivity index (χ4n) is 1.81. The lowest BCUT2D eigenvalue weighted by Crippen LogP contribution is -2.15. The molecule has 0 saturated heterocycles. The van der Waals surface area contributed by atoms with E-state index in [0.29, 0.717) is 0 Å². The van der Waals surface area contributed by atoms with Crippen LogP contribution < -0.4 is 0 Å². The van der Waals surface area contributed by atoms with Crippen LogP contribution in [-0.4, -0.2) is 22.6 Å². The van der Waals surface area contributed by atoms with Gasteiger partial charge in [0.15, 0.2) is 5.69 Å². The molecule has 0 radical (unpaired) electrons. The zero-order chi connectivity index (χ0) is 13.1. The number of esters is 1. The van der Waals surface area contributed by atoms with Crippen molar-refractivity contribution in [1.82, 2.24) is 9.55 Å². The van der Waals surface area contributed by atoms with Gasteiger partial charge in [0.1, 0.15) is 0 Å². The summed E-state index contributed by atoms with van der Waals surface area (Å²) in [5, 5.41) is 0. The van der Waals surface area contributed by atoms with E-state index in [0.717, 1.165) is 5.56 Å². The maximum absolute atomic E-state index is 13.5. The maximum Gasteiger partial charge on any atom is 0.359 e. The van der Waals surface area contributed by atoms with Crippen LogP contribution in [0.15, 0.2) is 36.7 Å². The van der Waals surface area contributed by atoms with Crippen molar-refractivity contribution >= 4 is 5.97 Å². The molecule has 0 amide bonds. The van der Waals surface area contributed by atoms with Crippen LogP contribution in [0.3, 0.4) is 0 Å². The summed E-state index contributed by atoms with van der Waals surface area (Å²) in [6.45, 7) is 1.86. The molecular weight excluding hydrogens is 235 g/mol. The summed E-state index contributed by atoms with van der Waals surface area (Å²) in [5.41, 5.74) is 0.800. The van der Waals surface area contributed by atoms with E-state index < -0.39 is 11.9 Å². The van der Waals surface area contributed by atoms with Gasteiger partial charge in [-0.15, -0.1) is 0 Å². The Kier molecular flexibility index (Phi) is 3.41. The van der Waals surface area contributed by atoms with E-state index in [1.165, 1.54) is 18.0 Å². The quantitative estimate of drug-likeness (QED) is 0.783. The predicted octanol–water partition coefficient (Wildman–Crippen LogP) is 2.42. The summed E-state index contributed by atoms with van der Waals surface area (Å²) in [6, 6.07) is 9.28. The van der Waals surface area contributed by atoms with Gasteiger partial charge in [0, 0.05) is 0 Å². The number of carbonyl (C=O) groups excluding carboxylic acids is 1. The third-order valence-electron chi connectivity index (χ3n) is 2.83. The number of methoxy groups -OCH3 is 1. The Balaban J connectivity index is 2.43. The zero-order valence-electron chi connectivity index (χ0n) is 10.1. The molecular formula is C13H13FN2O2. The number of aromatic nitrogens is 2. The van der Waals surface area contributed by atoms with Crippen LogP contribution in [0.4, 0.5) is 4.39 Å². The number of benzene rings is 1. The summed E-state index contributed by atoms with van der Waals surface area (Å²) >= 11 is 0.